The zero-order valence-electron chi connectivity index (χ0n) is 9.24. The largest absolute Gasteiger partial charge is 0.370 e. The standard InChI is InChI=1S/C11H15I2N3/c1-14-15-10-3-2-4-11(9-10)16(7-5-12)8-6-13/h2-4,9H,5-8H2,1H3. The zero-order chi connectivity index (χ0) is 11.8. The molecule has 0 amide bonds. The van der Waals surface area contributed by atoms with Crippen molar-refractivity contribution in [1.29, 1.82) is 0 Å². The minimum absolute atomic E-state index is 0.923. The van der Waals surface area contributed by atoms with E-state index in [0.717, 1.165) is 27.6 Å². The molecule has 0 saturated carbocycles. The summed E-state index contributed by atoms with van der Waals surface area (Å²) in [6.07, 6.45) is 0. The van der Waals surface area contributed by atoms with Crippen LogP contribution < -0.4 is 4.90 Å². The van der Waals surface area contributed by atoms with E-state index in [1.54, 1.807) is 7.05 Å². The zero-order valence-corrected chi connectivity index (χ0v) is 13.6. The van der Waals surface area contributed by atoms with Crippen LogP contribution in [0.4, 0.5) is 11.4 Å². The molecule has 0 aliphatic carbocycles. The van der Waals surface area contributed by atoms with Gasteiger partial charge in [-0.25, -0.2) is 0 Å². The summed E-state index contributed by atoms with van der Waals surface area (Å²) in [6, 6.07) is 8.23. The molecule has 0 radical (unpaired) electrons. The quantitative estimate of drug-likeness (QED) is 0.370. The molecule has 0 spiro atoms. The number of azo groups is 1. The first-order chi connectivity index (χ1) is 7.81. The van der Waals surface area contributed by atoms with Gasteiger partial charge in [-0.05, 0) is 18.2 Å². The Morgan fingerprint density at radius 2 is 1.88 bits per heavy atom. The normalized spacial score (nSPS) is 10.9. The van der Waals surface area contributed by atoms with E-state index in [1.165, 1.54) is 5.69 Å². The topological polar surface area (TPSA) is 28.0 Å². The van der Waals surface area contributed by atoms with Crippen molar-refractivity contribution in [3.8, 4) is 0 Å². The Hall–Kier alpha value is 0.0800. The molecule has 0 aromatic heterocycles. The highest BCUT2D eigenvalue weighted by atomic mass is 127. The lowest BCUT2D eigenvalue weighted by Crippen LogP contribution is -2.27. The van der Waals surface area contributed by atoms with Crippen molar-refractivity contribution in [3.63, 3.8) is 0 Å². The van der Waals surface area contributed by atoms with Gasteiger partial charge in [0.15, 0.2) is 0 Å². The van der Waals surface area contributed by atoms with Crippen molar-refractivity contribution in [3.05, 3.63) is 24.3 Å². The van der Waals surface area contributed by atoms with Gasteiger partial charge in [0.05, 0.1) is 5.69 Å². The van der Waals surface area contributed by atoms with Gasteiger partial charge in [0, 0.05) is 34.7 Å². The molecule has 16 heavy (non-hydrogen) atoms. The first-order valence-corrected chi connectivity index (χ1v) is 8.13. The van der Waals surface area contributed by atoms with Gasteiger partial charge in [0.1, 0.15) is 0 Å². The molecule has 1 aromatic carbocycles. The first-order valence-electron chi connectivity index (χ1n) is 5.08. The summed E-state index contributed by atoms with van der Waals surface area (Å²) in [4.78, 5) is 2.38. The third-order valence-electron chi connectivity index (χ3n) is 2.12. The summed E-state index contributed by atoms with van der Waals surface area (Å²) < 4.78 is 2.27. The van der Waals surface area contributed by atoms with Gasteiger partial charge in [0.2, 0.25) is 0 Å². The van der Waals surface area contributed by atoms with Gasteiger partial charge in [-0.2, -0.15) is 10.2 Å². The number of nitrogens with zero attached hydrogens (tertiary/aromatic N) is 3. The van der Waals surface area contributed by atoms with Crippen LogP contribution in [-0.2, 0) is 0 Å². The number of hydrogen-bond donors (Lipinski definition) is 0. The van der Waals surface area contributed by atoms with Gasteiger partial charge in [-0.3, -0.25) is 0 Å². The van der Waals surface area contributed by atoms with Crippen LogP contribution in [-0.4, -0.2) is 29.0 Å². The van der Waals surface area contributed by atoms with Crippen LogP contribution >= 0.6 is 45.2 Å². The van der Waals surface area contributed by atoms with Gasteiger partial charge in [0.25, 0.3) is 0 Å². The SMILES string of the molecule is CN=Nc1cccc(N(CCI)CCI)c1. The molecule has 1 aromatic rings. The van der Waals surface area contributed by atoms with Crippen molar-refractivity contribution >= 4 is 56.6 Å². The summed E-state index contributed by atoms with van der Waals surface area (Å²) >= 11 is 4.82. The number of benzene rings is 1. The molecule has 3 nitrogen and oxygen atoms in total. The highest BCUT2D eigenvalue weighted by molar-refractivity contribution is 14.1. The fourth-order valence-corrected chi connectivity index (χ4v) is 2.61. The van der Waals surface area contributed by atoms with Gasteiger partial charge in [-0.15, -0.1) is 0 Å². The lowest BCUT2D eigenvalue weighted by molar-refractivity contribution is 0.891. The van der Waals surface area contributed by atoms with Crippen LogP contribution in [0.1, 0.15) is 0 Å². The maximum absolute atomic E-state index is 4.06. The lowest BCUT2D eigenvalue weighted by Gasteiger charge is -2.23. The summed E-state index contributed by atoms with van der Waals surface area (Å²) in [5.74, 6) is 0. The number of alkyl halides is 2. The third kappa shape index (κ3) is 4.52. The molecule has 0 atom stereocenters. The van der Waals surface area contributed by atoms with Gasteiger partial charge in [-0.1, -0.05) is 51.2 Å². The van der Waals surface area contributed by atoms with E-state index in [2.05, 4.69) is 72.4 Å². The minimum atomic E-state index is 0.923. The number of halogens is 2. The predicted octanol–water partition coefficient (Wildman–Crippen LogP) is 4.08. The van der Waals surface area contributed by atoms with Crippen molar-refractivity contribution in [2.24, 2.45) is 10.2 Å². The van der Waals surface area contributed by atoms with Crippen LogP contribution in [0.25, 0.3) is 0 Å². The number of rotatable bonds is 6. The molecule has 0 fully saturated rings. The second kappa shape index (κ2) is 8.21. The molecule has 0 unspecified atom stereocenters. The van der Waals surface area contributed by atoms with E-state index in [-0.39, 0.29) is 0 Å². The highest BCUT2D eigenvalue weighted by Gasteiger charge is 2.05. The maximum Gasteiger partial charge on any atom is 0.0873 e. The summed E-state index contributed by atoms with van der Waals surface area (Å²) in [7, 11) is 1.69. The molecule has 0 aliphatic heterocycles. The van der Waals surface area contributed by atoms with E-state index in [9.17, 15) is 0 Å². The first kappa shape index (κ1) is 14.1. The predicted molar refractivity (Wildman–Crippen MR) is 86.9 cm³/mol. The molecule has 0 heterocycles. The van der Waals surface area contributed by atoms with Crippen molar-refractivity contribution in [2.75, 3.05) is 33.9 Å². The van der Waals surface area contributed by atoms with Crippen LogP contribution in [0, 0.1) is 0 Å². The average molecular weight is 443 g/mol. The van der Waals surface area contributed by atoms with Crippen molar-refractivity contribution < 1.29 is 0 Å². The molecule has 5 heteroatoms. The van der Waals surface area contributed by atoms with Gasteiger partial charge < -0.3 is 4.90 Å². The lowest BCUT2D eigenvalue weighted by atomic mass is 10.2. The van der Waals surface area contributed by atoms with E-state index in [4.69, 9.17) is 0 Å². The molecule has 88 valence electrons. The van der Waals surface area contributed by atoms with Crippen LogP contribution in [0.2, 0.25) is 0 Å². The molecule has 0 saturated heterocycles. The van der Waals surface area contributed by atoms with Crippen molar-refractivity contribution in [2.45, 2.75) is 0 Å². The van der Waals surface area contributed by atoms with E-state index in [1.807, 2.05) is 12.1 Å². The Morgan fingerprint density at radius 3 is 2.44 bits per heavy atom. The Kier molecular flexibility index (Phi) is 7.26. The fourth-order valence-electron chi connectivity index (χ4n) is 1.44. The molecule has 0 aliphatic rings. The summed E-state index contributed by atoms with van der Waals surface area (Å²) in [6.45, 7) is 2.16. The second-order valence-electron chi connectivity index (χ2n) is 3.18. The van der Waals surface area contributed by atoms with Crippen LogP contribution in [0.15, 0.2) is 34.5 Å². The summed E-state index contributed by atoms with van der Waals surface area (Å²) in [5.41, 5.74) is 2.16. The third-order valence-corrected chi connectivity index (χ3v) is 3.08. The fraction of sp³-hybridized carbons (Fsp3) is 0.455. The molecule has 0 N–H and O–H groups in total. The van der Waals surface area contributed by atoms with Crippen LogP contribution in [0.3, 0.4) is 0 Å². The Balaban J connectivity index is 2.85. The Morgan fingerprint density at radius 1 is 1.19 bits per heavy atom. The van der Waals surface area contributed by atoms with E-state index >= 15 is 0 Å². The molecule has 0 bridgehead atoms. The van der Waals surface area contributed by atoms with Crippen LogP contribution in [0.5, 0.6) is 0 Å². The second-order valence-corrected chi connectivity index (χ2v) is 5.34. The average Bonchev–Trinajstić information content (AvgIpc) is 2.30. The van der Waals surface area contributed by atoms with E-state index in [0.29, 0.717) is 0 Å². The monoisotopic (exact) mass is 443 g/mol. The summed E-state index contributed by atoms with van der Waals surface area (Å²) in [5, 5.41) is 7.87. The minimum Gasteiger partial charge on any atom is -0.370 e. The maximum atomic E-state index is 4.06. The number of hydrogen-bond acceptors (Lipinski definition) is 3. The Bertz CT molecular complexity index is 336. The molecule has 1 rings (SSSR count). The Labute approximate surface area is 124 Å². The van der Waals surface area contributed by atoms with Crippen molar-refractivity contribution in [1.82, 2.24) is 0 Å². The highest BCUT2D eigenvalue weighted by Crippen LogP contribution is 2.22. The molecular formula is C11H15I2N3. The van der Waals surface area contributed by atoms with Gasteiger partial charge >= 0.3 is 0 Å². The smallest absolute Gasteiger partial charge is 0.0873 e. The number of anilines is 1. The molecular weight excluding hydrogens is 428 g/mol. The van der Waals surface area contributed by atoms with E-state index < -0.39 is 0 Å².